The van der Waals surface area contributed by atoms with Crippen molar-refractivity contribution < 1.29 is 0 Å². The van der Waals surface area contributed by atoms with Gasteiger partial charge in [-0.2, -0.15) is 0 Å². The average Bonchev–Trinajstić information content (AvgIpc) is 2.97. The number of nitrogens with zero attached hydrogens (tertiary/aromatic N) is 2. The van der Waals surface area contributed by atoms with Crippen LogP contribution in [0.3, 0.4) is 0 Å². The maximum Gasteiger partial charge on any atom is 0.179 e. The molecule has 0 radical (unpaired) electrons. The Morgan fingerprint density at radius 2 is 2.00 bits per heavy atom. The molecule has 0 aromatic carbocycles. The van der Waals surface area contributed by atoms with E-state index in [1.165, 1.54) is 38.5 Å². The predicted octanol–water partition coefficient (Wildman–Crippen LogP) is 2.98. The lowest BCUT2D eigenvalue weighted by atomic mass is 9.77. The van der Waals surface area contributed by atoms with Crippen LogP contribution in [0, 0.1) is 5.92 Å². The minimum absolute atomic E-state index is 0.358. The summed E-state index contributed by atoms with van der Waals surface area (Å²) in [6.45, 7) is 0. The van der Waals surface area contributed by atoms with Crippen molar-refractivity contribution in [1.82, 2.24) is 20.3 Å². The summed E-state index contributed by atoms with van der Waals surface area (Å²) in [5.74, 6) is 2.80. The highest BCUT2D eigenvalue weighted by Crippen LogP contribution is 2.36. The van der Waals surface area contributed by atoms with Gasteiger partial charge in [-0.3, -0.25) is 0 Å². The number of imidazole rings is 1. The minimum atomic E-state index is 0.358. The molecule has 3 unspecified atom stereocenters. The van der Waals surface area contributed by atoms with Crippen molar-refractivity contribution in [3.8, 4) is 0 Å². The minimum Gasteiger partial charge on any atom is -0.373 e. The van der Waals surface area contributed by atoms with E-state index in [1.807, 2.05) is 13.1 Å². The molecule has 1 aliphatic heterocycles. The Morgan fingerprint density at radius 1 is 1.10 bits per heavy atom. The van der Waals surface area contributed by atoms with Gasteiger partial charge in [-0.15, -0.1) is 0 Å². The third kappa shape index (κ3) is 2.39. The van der Waals surface area contributed by atoms with Gasteiger partial charge < -0.3 is 15.6 Å². The number of nitrogens with one attached hydrogen (secondary N) is 3. The van der Waals surface area contributed by atoms with Gasteiger partial charge in [0.25, 0.3) is 0 Å². The first-order chi connectivity index (χ1) is 10.3. The Morgan fingerprint density at radius 3 is 2.90 bits per heavy atom. The molecular formula is C16H23N5. The zero-order valence-corrected chi connectivity index (χ0v) is 12.5. The van der Waals surface area contributed by atoms with Gasteiger partial charge in [0, 0.05) is 13.1 Å². The van der Waals surface area contributed by atoms with Crippen LogP contribution in [-0.4, -0.2) is 28.0 Å². The van der Waals surface area contributed by atoms with Crippen molar-refractivity contribution in [2.24, 2.45) is 5.92 Å². The molecule has 0 spiro atoms. The van der Waals surface area contributed by atoms with Crippen LogP contribution in [0.15, 0.2) is 12.1 Å². The van der Waals surface area contributed by atoms with E-state index in [2.05, 4.69) is 26.7 Å². The number of pyridine rings is 1. The largest absolute Gasteiger partial charge is 0.373 e. The molecule has 1 saturated heterocycles. The molecule has 3 atom stereocenters. The maximum atomic E-state index is 4.71. The maximum absolute atomic E-state index is 4.71. The summed E-state index contributed by atoms with van der Waals surface area (Å²) in [5, 5.41) is 6.89. The number of rotatable bonds is 2. The summed E-state index contributed by atoms with van der Waals surface area (Å²) in [7, 11) is 1.88. The second kappa shape index (κ2) is 5.30. The Hall–Kier alpha value is -1.62. The number of piperidine rings is 1. The van der Waals surface area contributed by atoms with E-state index in [9.17, 15) is 0 Å². The van der Waals surface area contributed by atoms with Gasteiger partial charge >= 0.3 is 0 Å². The SMILES string of the molecule is CNc1ccc2[nH]c(C3CCC4CCCCC4N3)nc2n1. The fraction of sp³-hybridized carbons (Fsp3) is 0.625. The van der Waals surface area contributed by atoms with E-state index in [0.29, 0.717) is 12.1 Å². The number of hydrogen-bond acceptors (Lipinski definition) is 4. The summed E-state index contributed by atoms with van der Waals surface area (Å²) in [4.78, 5) is 12.7. The second-order valence-corrected chi connectivity index (χ2v) is 6.39. The van der Waals surface area contributed by atoms with Gasteiger partial charge in [-0.25, -0.2) is 9.97 Å². The Balaban J connectivity index is 1.58. The fourth-order valence-corrected chi connectivity index (χ4v) is 3.93. The Labute approximate surface area is 124 Å². The molecule has 2 aromatic heterocycles. The summed E-state index contributed by atoms with van der Waals surface area (Å²) in [6.07, 6.45) is 8.01. The van der Waals surface area contributed by atoms with E-state index in [-0.39, 0.29) is 0 Å². The topological polar surface area (TPSA) is 65.6 Å². The summed E-state index contributed by atoms with van der Waals surface area (Å²) in [6, 6.07) is 5.08. The van der Waals surface area contributed by atoms with Crippen LogP contribution >= 0.6 is 0 Å². The first-order valence-corrected chi connectivity index (χ1v) is 8.14. The summed E-state index contributed by atoms with van der Waals surface area (Å²) in [5.41, 5.74) is 1.83. The van der Waals surface area contributed by atoms with Gasteiger partial charge in [-0.05, 0) is 43.7 Å². The zero-order chi connectivity index (χ0) is 14.2. The lowest BCUT2D eigenvalue weighted by Crippen LogP contribution is -2.45. The lowest BCUT2D eigenvalue weighted by molar-refractivity contribution is 0.174. The number of fused-ring (bicyclic) bond motifs is 2. The molecule has 1 saturated carbocycles. The Bertz CT molecular complexity index is 635. The van der Waals surface area contributed by atoms with Crippen molar-refractivity contribution in [2.45, 2.75) is 50.6 Å². The van der Waals surface area contributed by atoms with E-state index in [0.717, 1.165) is 28.7 Å². The molecule has 2 aromatic rings. The molecule has 21 heavy (non-hydrogen) atoms. The van der Waals surface area contributed by atoms with Crippen molar-refractivity contribution in [3.63, 3.8) is 0 Å². The predicted molar refractivity (Wildman–Crippen MR) is 84.3 cm³/mol. The van der Waals surface area contributed by atoms with Crippen molar-refractivity contribution in [1.29, 1.82) is 0 Å². The molecule has 3 N–H and O–H groups in total. The number of anilines is 1. The second-order valence-electron chi connectivity index (χ2n) is 6.39. The van der Waals surface area contributed by atoms with E-state index >= 15 is 0 Å². The Kier molecular flexibility index (Phi) is 3.30. The third-order valence-electron chi connectivity index (χ3n) is 5.10. The van der Waals surface area contributed by atoms with Crippen LogP contribution in [0.25, 0.3) is 11.2 Å². The van der Waals surface area contributed by atoms with Crippen LogP contribution in [0.1, 0.15) is 50.4 Å². The van der Waals surface area contributed by atoms with Gasteiger partial charge in [0.2, 0.25) is 0 Å². The standard InChI is InChI=1S/C16H23N5/c1-17-14-9-8-13-16(20-14)21-15(19-13)12-7-6-10-4-2-3-5-11(10)18-12/h8-12,18H,2-7H2,1H3,(H2,17,19,20,21). The number of aromatic nitrogens is 3. The summed E-state index contributed by atoms with van der Waals surface area (Å²) >= 11 is 0. The monoisotopic (exact) mass is 285 g/mol. The van der Waals surface area contributed by atoms with Crippen LogP contribution < -0.4 is 10.6 Å². The van der Waals surface area contributed by atoms with Gasteiger partial charge in [0.05, 0.1) is 11.6 Å². The molecule has 3 heterocycles. The molecule has 0 amide bonds. The van der Waals surface area contributed by atoms with E-state index in [1.54, 1.807) is 0 Å². The van der Waals surface area contributed by atoms with E-state index in [4.69, 9.17) is 4.98 Å². The first kappa shape index (κ1) is 13.1. The molecular weight excluding hydrogens is 262 g/mol. The van der Waals surface area contributed by atoms with Crippen LogP contribution in [0.5, 0.6) is 0 Å². The molecule has 1 aliphatic carbocycles. The number of H-pyrrole nitrogens is 1. The number of hydrogen-bond donors (Lipinski definition) is 3. The highest BCUT2D eigenvalue weighted by Gasteiger charge is 2.33. The molecule has 4 rings (SSSR count). The smallest absolute Gasteiger partial charge is 0.179 e. The van der Waals surface area contributed by atoms with Gasteiger partial charge in [-0.1, -0.05) is 12.8 Å². The molecule has 2 aliphatic rings. The van der Waals surface area contributed by atoms with Crippen LogP contribution in [0.4, 0.5) is 5.82 Å². The van der Waals surface area contributed by atoms with E-state index < -0.39 is 0 Å². The van der Waals surface area contributed by atoms with Gasteiger partial charge in [0.1, 0.15) is 11.6 Å². The van der Waals surface area contributed by atoms with Crippen molar-refractivity contribution in [2.75, 3.05) is 12.4 Å². The van der Waals surface area contributed by atoms with Crippen LogP contribution in [0.2, 0.25) is 0 Å². The quantitative estimate of drug-likeness (QED) is 0.793. The molecule has 0 bridgehead atoms. The summed E-state index contributed by atoms with van der Waals surface area (Å²) < 4.78 is 0. The average molecular weight is 285 g/mol. The fourth-order valence-electron chi connectivity index (χ4n) is 3.93. The normalized spacial score (nSPS) is 29.3. The highest BCUT2D eigenvalue weighted by molar-refractivity contribution is 5.73. The molecule has 5 heteroatoms. The number of aromatic amines is 1. The zero-order valence-electron chi connectivity index (χ0n) is 12.5. The first-order valence-electron chi connectivity index (χ1n) is 8.14. The molecule has 112 valence electrons. The van der Waals surface area contributed by atoms with Crippen molar-refractivity contribution in [3.05, 3.63) is 18.0 Å². The third-order valence-corrected chi connectivity index (χ3v) is 5.10. The van der Waals surface area contributed by atoms with Crippen LogP contribution in [-0.2, 0) is 0 Å². The van der Waals surface area contributed by atoms with Gasteiger partial charge in [0.15, 0.2) is 5.65 Å². The van der Waals surface area contributed by atoms with Crippen molar-refractivity contribution >= 4 is 17.0 Å². The highest BCUT2D eigenvalue weighted by atomic mass is 15.1. The molecule has 2 fully saturated rings. The lowest BCUT2D eigenvalue weighted by Gasteiger charge is -2.39. The molecule has 5 nitrogen and oxygen atoms in total.